The first-order chi connectivity index (χ1) is 6.63. The summed E-state index contributed by atoms with van der Waals surface area (Å²) in [7, 11) is 1.81. The van der Waals surface area contributed by atoms with Crippen molar-refractivity contribution < 1.29 is 4.79 Å². The fraction of sp³-hybridized carbons (Fsp3) is 0.364. The van der Waals surface area contributed by atoms with E-state index in [0.717, 1.165) is 0 Å². The number of nitrogens with zero attached hydrogens (tertiary/aromatic N) is 1. The molecular weight excluding hydrogens is 194 g/mol. The normalized spacial score (nSPS) is 9.93. The molecule has 2 nitrogen and oxygen atoms in total. The molecule has 0 bridgehead atoms. The minimum atomic E-state index is 0.0962. The Hall–Kier alpha value is -0.960. The Morgan fingerprint density at radius 1 is 1.36 bits per heavy atom. The summed E-state index contributed by atoms with van der Waals surface area (Å²) in [6, 6.07) is 8.28. The number of carbonyl (C=O) groups is 1. The van der Waals surface area contributed by atoms with E-state index < -0.39 is 0 Å². The summed E-state index contributed by atoms with van der Waals surface area (Å²) in [5, 5.41) is 0. The largest absolute Gasteiger partial charge is 0.342 e. The van der Waals surface area contributed by atoms with Gasteiger partial charge in [0.05, 0.1) is 0 Å². The van der Waals surface area contributed by atoms with Gasteiger partial charge < -0.3 is 4.90 Å². The smallest absolute Gasteiger partial charge is 0.219 e. The minimum absolute atomic E-state index is 0.0962. The fourth-order valence-electron chi connectivity index (χ4n) is 1.12. The molecule has 14 heavy (non-hydrogen) atoms. The van der Waals surface area contributed by atoms with Gasteiger partial charge in [0.1, 0.15) is 0 Å². The van der Waals surface area contributed by atoms with E-state index in [4.69, 9.17) is 0 Å². The van der Waals surface area contributed by atoms with E-state index in [-0.39, 0.29) is 5.91 Å². The molecule has 0 aliphatic rings. The minimum Gasteiger partial charge on any atom is -0.342 e. The molecule has 1 aromatic rings. The molecule has 0 saturated heterocycles. The van der Waals surface area contributed by atoms with Gasteiger partial charge in [0.15, 0.2) is 0 Å². The average molecular weight is 209 g/mol. The molecule has 0 saturated carbocycles. The Kier molecular flexibility index (Phi) is 4.01. The van der Waals surface area contributed by atoms with Gasteiger partial charge in [-0.2, -0.15) is 0 Å². The molecule has 0 radical (unpaired) electrons. The van der Waals surface area contributed by atoms with Crippen molar-refractivity contribution in [1.82, 2.24) is 4.90 Å². The predicted octanol–water partition coefficient (Wildman–Crippen LogP) is 2.39. The second-order valence-corrected chi connectivity index (χ2v) is 4.10. The van der Waals surface area contributed by atoms with Crippen LogP contribution >= 0.6 is 11.8 Å². The number of amides is 1. The standard InChI is InChI=1S/C11H15NOS/c1-9(13)12(2)8-10-4-6-11(14-3)7-5-10/h4-7H,8H2,1-3H3. The molecule has 0 aliphatic heterocycles. The van der Waals surface area contributed by atoms with E-state index in [1.165, 1.54) is 10.5 Å². The molecule has 0 fully saturated rings. The highest BCUT2D eigenvalue weighted by Crippen LogP contribution is 2.15. The van der Waals surface area contributed by atoms with E-state index in [2.05, 4.69) is 30.5 Å². The van der Waals surface area contributed by atoms with Gasteiger partial charge in [-0.1, -0.05) is 12.1 Å². The molecule has 1 rings (SSSR count). The maximum atomic E-state index is 11.0. The van der Waals surface area contributed by atoms with E-state index >= 15 is 0 Å². The molecule has 0 aromatic heterocycles. The van der Waals surface area contributed by atoms with E-state index in [0.29, 0.717) is 6.54 Å². The Bertz CT molecular complexity index is 308. The molecular formula is C11H15NOS. The second kappa shape index (κ2) is 5.05. The van der Waals surface area contributed by atoms with Crippen molar-refractivity contribution in [2.45, 2.75) is 18.4 Å². The topological polar surface area (TPSA) is 20.3 Å². The van der Waals surface area contributed by atoms with Crippen LogP contribution in [0.2, 0.25) is 0 Å². The molecule has 0 aliphatic carbocycles. The first kappa shape index (κ1) is 11.1. The lowest BCUT2D eigenvalue weighted by Gasteiger charge is -2.14. The van der Waals surface area contributed by atoms with Crippen molar-refractivity contribution in [1.29, 1.82) is 0 Å². The van der Waals surface area contributed by atoms with Gasteiger partial charge in [0, 0.05) is 25.4 Å². The van der Waals surface area contributed by atoms with Crippen molar-refractivity contribution in [3.63, 3.8) is 0 Å². The molecule has 0 heterocycles. The first-order valence-corrected chi connectivity index (χ1v) is 5.70. The lowest BCUT2D eigenvalue weighted by atomic mass is 10.2. The van der Waals surface area contributed by atoms with Gasteiger partial charge in [-0.25, -0.2) is 0 Å². The number of benzene rings is 1. The van der Waals surface area contributed by atoms with Crippen LogP contribution in [0.4, 0.5) is 0 Å². The maximum absolute atomic E-state index is 11.0. The van der Waals surface area contributed by atoms with Crippen molar-refractivity contribution in [3.05, 3.63) is 29.8 Å². The number of rotatable bonds is 3. The number of hydrogen-bond acceptors (Lipinski definition) is 2. The summed E-state index contributed by atoms with van der Waals surface area (Å²) in [6.07, 6.45) is 2.05. The van der Waals surface area contributed by atoms with Crippen molar-refractivity contribution in [2.75, 3.05) is 13.3 Å². The van der Waals surface area contributed by atoms with Gasteiger partial charge in [-0.05, 0) is 24.0 Å². The lowest BCUT2D eigenvalue weighted by molar-refractivity contribution is -0.128. The monoisotopic (exact) mass is 209 g/mol. The van der Waals surface area contributed by atoms with Crippen molar-refractivity contribution in [2.24, 2.45) is 0 Å². The Morgan fingerprint density at radius 2 is 1.93 bits per heavy atom. The summed E-state index contributed by atoms with van der Waals surface area (Å²) in [5.74, 6) is 0.0962. The summed E-state index contributed by atoms with van der Waals surface area (Å²) in [5.41, 5.74) is 1.17. The Labute approximate surface area is 89.3 Å². The van der Waals surface area contributed by atoms with Crippen LogP contribution in [0.25, 0.3) is 0 Å². The summed E-state index contributed by atoms with van der Waals surface area (Å²) < 4.78 is 0. The zero-order chi connectivity index (χ0) is 10.6. The van der Waals surface area contributed by atoms with Gasteiger partial charge in [0.2, 0.25) is 5.91 Å². The van der Waals surface area contributed by atoms with Crippen LogP contribution in [-0.4, -0.2) is 24.1 Å². The first-order valence-electron chi connectivity index (χ1n) is 4.48. The van der Waals surface area contributed by atoms with Crippen LogP contribution in [0.3, 0.4) is 0 Å². The molecule has 0 unspecified atom stereocenters. The van der Waals surface area contributed by atoms with Crippen LogP contribution in [0.1, 0.15) is 12.5 Å². The molecule has 0 atom stereocenters. The van der Waals surface area contributed by atoms with Crippen LogP contribution < -0.4 is 0 Å². The van der Waals surface area contributed by atoms with Crippen molar-refractivity contribution >= 4 is 17.7 Å². The van der Waals surface area contributed by atoms with Gasteiger partial charge in [-0.15, -0.1) is 11.8 Å². The van der Waals surface area contributed by atoms with E-state index in [1.807, 2.05) is 7.05 Å². The molecule has 0 spiro atoms. The fourth-order valence-corrected chi connectivity index (χ4v) is 1.52. The highest BCUT2D eigenvalue weighted by Gasteiger charge is 2.02. The molecule has 1 amide bonds. The Balaban J connectivity index is 2.64. The highest BCUT2D eigenvalue weighted by atomic mass is 32.2. The van der Waals surface area contributed by atoms with Gasteiger partial charge in [-0.3, -0.25) is 4.79 Å². The zero-order valence-corrected chi connectivity index (χ0v) is 9.60. The Morgan fingerprint density at radius 3 is 2.36 bits per heavy atom. The zero-order valence-electron chi connectivity index (χ0n) is 8.78. The lowest BCUT2D eigenvalue weighted by Crippen LogP contribution is -2.22. The average Bonchev–Trinajstić information content (AvgIpc) is 2.19. The number of hydrogen-bond donors (Lipinski definition) is 0. The van der Waals surface area contributed by atoms with Gasteiger partial charge in [0.25, 0.3) is 0 Å². The highest BCUT2D eigenvalue weighted by molar-refractivity contribution is 7.98. The number of thioether (sulfide) groups is 1. The molecule has 3 heteroatoms. The van der Waals surface area contributed by atoms with Crippen LogP contribution in [-0.2, 0) is 11.3 Å². The van der Waals surface area contributed by atoms with Crippen molar-refractivity contribution in [3.8, 4) is 0 Å². The van der Waals surface area contributed by atoms with Gasteiger partial charge >= 0.3 is 0 Å². The third-order valence-electron chi connectivity index (χ3n) is 2.12. The number of carbonyl (C=O) groups excluding carboxylic acids is 1. The van der Waals surface area contributed by atoms with E-state index in [9.17, 15) is 4.79 Å². The SMILES string of the molecule is CSc1ccc(CN(C)C(C)=O)cc1. The molecule has 1 aromatic carbocycles. The maximum Gasteiger partial charge on any atom is 0.219 e. The predicted molar refractivity (Wildman–Crippen MR) is 60.4 cm³/mol. The molecule has 76 valence electrons. The second-order valence-electron chi connectivity index (χ2n) is 3.22. The third kappa shape index (κ3) is 3.07. The summed E-state index contributed by atoms with van der Waals surface area (Å²) in [6.45, 7) is 2.26. The quantitative estimate of drug-likeness (QED) is 0.712. The third-order valence-corrected chi connectivity index (χ3v) is 2.86. The summed E-state index contributed by atoms with van der Waals surface area (Å²) in [4.78, 5) is 13.9. The summed E-state index contributed by atoms with van der Waals surface area (Å²) >= 11 is 1.72. The van der Waals surface area contributed by atoms with Crippen LogP contribution in [0.15, 0.2) is 29.2 Å². The van der Waals surface area contributed by atoms with Crippen LogP contribution in [0.5, 0.6) is 0 Å². The van der Waals surface area contributed by atoms with Crippen LogP contribution in [0, 0.1) is 0 Å². The van der Waals surface area contributed by atoms with E-state index in [1.54, 1.807) is 23.6 Å². The molecule has 0 N–H and O–H groups in total.